The van der Waals surface area contributed by atoms with Crippen LogP contribution in [0.1, 0.15) is 18.4 Å². The summed E-state index contributed by atoms with van der Waals surface area (Å²) in [6.07, 6.45) is -0.0615. The Balaban J connectivity index is 2.02. The van der Waals surface area contributed by atoms with Gasteiger partial charge in [-0.1, -0.05) is 35.9 Å². The van der Waals surface area contributed by atoms with E-state index in [2.05, 4.69) is 15.5 Å². The van der Waals surface area contributed by atoms with Gasteiger partial charge in [0.25, 0.3) is 5.91 Å². The maximum atomic E-state index is 12.1. The summed E-state index contributed by atoms with van der Waals surface area (Å²) >= 11 is 7.21. The van der Waals surface area contributed by atoms with Crippen LogP contribution < -0.4 is 10.1 Å². The molecule has 0 bridgehead atoms. The van der Waals surface area contributed by atoms with Gasteiger partial charge in [-0.2, -0.15) is 0 Å². The second-order valence-corrected chi connectivity index (χ2v) is 5.71. The Hall–Kier alpha value is -1.66. The fourth-order valence-electron chi connectivity index (χ4n) is 1.56. The molecule has 0 radical (unpaired) electrons. The predicted octanol–water partition coefficient (Wildman–Crippen LogP) is 3.30. The van der Waals surface area contributed by atoms with Crippen LogP contribution in [0, 0.1) is 6.92 Å². The smallest absolute Gasteiger partial charge is 0.267 e. The van der Waals surface area contributed by atoms with E-state index in [1.54, 1.807) is 24.3 Å². The quantitative estimate of drug-likeness (QED) is 0.920. The molecule has 0 aliphatic carbocycles. The van der Waals surface area contributed by atoms with Crippen molar-refractivity contribution < 1.29 is 9.53 Å². The number of ether oxygens (including phenoxy) is 1. The lowest BCUT2D eigenvalue weighted by molar-refractivity contribution is -0.122. The maximum absolute atomic E-state index is 12.1. The zero-order valence-electron chi connectivity index (χ0n) is 11.1. The molecule has 0 aliphatic heterocycles. The van der Waals surface area contributed by atoms with Crippen LogP contribution in [0.2, 0.25) is 5.02 Å². The second-order valence-electron chi connectivity index (χ2n) is 4.09. The monoisotopic (exact) mass is 311 g/mol. The molecule has 1 atom stereocenters. The van der Waals surface area contributed by atoms with Crippen molar-refractivity contribution in [2.75, 3.05) is 5.32 Å². The third-order valence-corrected chi connectivity index (χ3v) is 3.48. The average Bonchev–Trinajstić information content (AvgIpc) is 2.81. The van der Waals surface area contributed by atoms with E-state index in [0.29, 0.717) is 22.3 Å². The van der Waals surface area contributed by atoms with Crippen LogP contribution in [0.5, 0.6) is 5.75 Å². The number of anilines is 1. The summed E-state index contributed by atoms with van der Waals surface area (Å²) in [4.78, 5) is 12.1. The molecule has 2 rings (SSSR count). The minimum absolute atomic E-state index is 0.247. The molecule has 7 heteroatoms. The van der Waals surface area contributed by atoms with Gasteiger partial charge in [-0.3, -0.25) is 10.1 Å². The van der Waals surface area contributed by atoms with Crippen molar-refractivity contribution in [3.8, 4) is 5.75 Å². The first-order chi connectivity index (χ1) is 9.58. The normalized spacial score (nSPS) is 11.9. The number of hydrogen-bond donors (Lipinski definition) is 1. The molecule has 20 heavy (non-hydrogen) atoms. The van der Waals surface area contributed by atoms with Gasteiger partial charge >= 0.3 is 0 Å². The average molecular weight is 312 g/mol. The van der Waals surface area contributed by atoms with Crippen molar-refractivity contribution in [3.63, 3.8) is 0 Å². The SMILES string of the molecule is CC[C@H](Oc1cccc(Cl)c1)C(=O)Nc1nnc(C)s1. The largest absolute Gasteiger partial charge is 0.481 e. The molecule has 1 aromatic heterocycles. The summed E-state index contributed by atoms with van der Waals surface area (Å²) in [7, 11) is 0. The highest BCUT2D eigenvalue weighted by atomic mass is 35.5. The van der Waals surface area contributed by atoms with Crippen molar-refractivity contribution in [1.29, 1.82) is 0 Å². The van der Waals surface area contributed by atoms with Crippen LogP contribution in [-0.2, 0) is 4.79 Å². The van der Waals surface area contributed by atoms with Gasteiger partial charge in [0.1, 0.15) is 10.8 Å². The Kier molecular flexibility index (Phi) is 4.92. The molecule has 0 unspecified atom stereocenters. The fourth-order valence-corrected chi connectivity index (χ4v) is 2.33. The Morgan fingerprint density at radius 1 is 1.50 bits per heavy atom. The standard InChI is InChI=1S/C13H14ClN3O2S/c1-3-11(19-10-6-4-5-9(14)7-10)12(18)15-13-17-16-8(2)20-13/h4-7,11H,3H2,1-2H3,(H,15,17,18)/t11-/m0/s1. The molecule has 1 amide bonds. The number of carbonyl (C=O) groups is 1. The fraction of sp³-hybridized carbons (Fsp3) is 0.308. The van der Waals surface area contributed by atoms with Crippen LogP contribution in [0.15, 0.2) is 24.3 Å². The molecular weight excluding hydrogens is 298 g/mol. The number of carbonyl (C=O) groups excluding carboxylic acids is 1. The maximum Gasteiger partial charge on any atom is 0.267 e. The summed E-state index contributed by atoms with van der Waals surface area (Å²) in [5.74, 6) is 0.316. The molecule has 2 aromatic rings. The lowest BCUT2D eigenvalue weighted by Crippen LogP contribution is -2.32. The number of hydrogen-bond acceptors (Lipinski definition) is 5. The molecule has 0 fully saturated rings. The van der Waals surface area contributed by atoms with Crippen molar-refractivity contribution in [2.45, 2.75) is 26.4 Å². The third kappa shape index (κ3) is 3.91. The van der Waals surface area contributed by atoms with E-state index >= 15 is 0 Å². The van der Waals surface area contributed by atoms with Gasteiger partial charge in [-0.15, -0.1) is 10.2 Å². The van der Waals surface area contributed by atoms with Crippen molar-refractivity contribution in [3.05, 3.63) is 34.3 Å². The van der Waals surface area contributed by atoms with Crippen LogP contribution in [0.25, 0.3) is 0 Å². The van der Waals surface area contributed by atoms with Crippen LogP contribution in [0.4, 0.5) is 5.13 Å². The minimum atomic E-state index is -0.599. The zero-order valence-corrected chi connectivity index (χ0v) is 12.7. The van der Waals surface area contributed by atoms with Crippen molar-refractivity contribution in [1.82, 2.24) is 10.2 Å². The van der Waals surface area contributed by atoms with Crippen molar-refractivity contribution in [2.24, 2.45) is 0 Å². The molecule has 0 aliphatic rings. The molecule has 0 saturated carbocycles. The number of amides is 1. The summed E-state index contributed by atoms with van der Waals surface area (Å²) in [5, 5.41) is 12.2. The number of aryl methyl sites for hydroxylation is 1. The zero-order chi connectivity index (χ0) is 14.5. The van der Waals surface area contributed by atoms with E-state index in [9.17, 15) is 4.79 Å². The summed E-state index contributed by atoms with van der Waals surface area (Å²) in [6.45, 7) is 3.70. The van der Waals surface area contributed by atoms with Gasteiger partial charge in [-0.25, -0.2) is 0 Å². The van der Waals surface area contributed by atoms with Crippen LogP contribution >= 0.6 is 22.9 Å². The second kappa shape index (κ2) is 6.67. The lowest BCUT2D eigenvalue weighted by atomic mass is 10.2. The molecule has 0 saturated heterocycles. The number of nitrogens with zero attached hydrogens (tertiary/aromatic N) is 2. The molecule has 1 heterocycles. The third-order valence-electron chi connectivity index (χ3n) is 2.49. The van der Waals surface area contributed by atoms with Gasteiger partial charge < -0.3 is 4.74 Å². The Morgan fingerprint density at radius 2 is 2.30 bits per heavy atom. The van der Waals surface area contributed by atoms with E-state index in [1.165, 1.54) is 11.3 Å². The van der Waals surface area contributed by atoms with Gasteiger partial charge in [0.05, 0.1) is 0 Å². The Morgan fingerprint density at radius 3 is 2.90 bits per heavy atom. The van der Waals surface area contributed by atoms with E-state index in [0.717, 1.165) is 5.01 Å². The molecule has 1 aromatic carbocycles. The minimum Gasteiger partial charge on any atom is -0.481 e. The predicted molar refractivity (Wildman–Crippen MR) is 79.4 cm³/mol. The van der Waals surface area contributed by atoms with Gasteiger partial charge in [0.15, 0.2) is 6.10 Å². The van der Waals surface area contributed by atoms with E-state index in [1.807, 2.05) is 13.8 Å². The summed E-state index contributed by atoms with van der Waals surface area (Å²) in [5.41, 5.74) is 0. The first-order valence-corrected chi connectivity index (χ1v) is 7.31. The Labute approximate surface area is 125 Å². The van der Waals surface area contributed by atoms with Crippen molar-refractivity contribution >= 4 is 34.0 Å². The molecular formula is C13H14ClN3O2S. The van der Waals surface area contributed by atoms with E-state index in [-0.39, 0.29) is 5.91 Å². The summed E-state index contributed by atoms with van der Waals surface area (Å²) < 4.78 is 5.65. The molecule has 0 spiro atoms. The van der Waals surface area contributed by atoms with Gasteiger partial charge in [0.2, 0.25) is 5.13 Å². The van der Waals surface area contributed by atoms with E-state index < -0.39 is 6.10 Å². The molecule has 5 nitrogen and oxygen atoms in total. The Bertz CT molecular complexity index is 603. The van der Waals surface area contributed by atoms with Crippen LogP contribution in [-0.4, -0.2) is 22.2 Å². The number of rotatable bonds is 5. The first kappa shape index (κ1) is 14.7. The molecule has 1 N–H and O–H groups in total. The van der Waals surface area contributed by atoms with Gasteiger partial charge in [0, 0.05) is 5.02 Å². The highest BCUT2D eigenvalue weighted by Crippen LogP contribution is 2.20. The topological polar surface area (TPSA) is 64.1 Å². The molecule has 106 valence electrons. The highest BCUT2D eigenvalue weighted by Gasteiger charge is 2.19. The first-order valence-electron chi connectivity index (χ1n) is 6.11. The van der Waals surface area contributed by atoms with Crippen LogP contribution in [0.3, 0.4) is 0 Å². The number of nitrogens with one attached hydrogen (secondary N) is 1. The highest BCUT2D eigenvalue weighted by molar-refractivity contribution is 7.15. The van der Waals surface area contributed by atoms with E-state index in [4.69, 9.17) is 16.3 Å². The lowest BCUT2D eigenvalue weighted by Gasteiger charge is -2.16. The number of benzene rings is 1. The summed E-state index contributed by atoms with van der Waals surface area (Å²) in [6, 6.07) is 6.96. The van der Waals surface area contributed by atoms with Gasteiger partial charge in [-0.05, 0) is 31.5 Å². The number of halogens is 1. The number of aromatic nitrogens is 2.